The molecule has 3 aliphatic rings. The molecule has 0 fully saturated rings. The van der Waals surface area contributed by atoms with E-state index < -0.39 is 17.1 Å². The highest BCUT2D eigenvalue weighted by atomic mass is 16.2. The van der Waals surface area contributed by atoms with Gasteiger partial charge in [-0.1, -0.05) is 178 Å². The fourth-order valence-electron chi connectivity index (χ4n) is 7.82. The Balaban J connectivity index is 1.98. The molecule has 1 heterocycles. The van der Waals surface area contributed by atoms with Crippen molar-refractivity contribution in [2.24, 2.45) is 50.2 Å². The summed E-state index contributed by atoms with van der Waals surface area (Å²) in [5.74, 6) is 0.753. The Morgan fingerprint density at radius 2 is 0.611 bits per heavy atom. The second-order valence-corrected chi connectivity index (χ2v) is 23.1. The summed E-state index contributed by atoms with van der Waals surface area (Å²) in [6, 6.07) is 0. The van der Waals surface area contributed by atoms with E-state index in [4.69, 9.17) is 0 Å². The van der Waals surface area contributed by atoms with Crippen molar-refractivity contribution >= 4 is 0 Å². The fraction of sp³-hybridized carbons (Fsp3) is 0.688. The first kappa shape index (κ1) is 43.6. The van der Waals surface area contributed by atoms with Crippen LogP contribution in [0.25, 0.3) is 0 Å². The lowest BCUT2D eigenvalue weighted by atomic mass is 9.69. The van der Waals surface area contributed by atoms with Gasteiger partial charge in [0.2, 0.25) is 0 Å². The van der Waals surface area contributed by atoms with Gasteiger partial charge in [-0.2, -0.15) is 0 Å². The van der Waals surface area contributed by atoms with Crippen LogP contribution in [0.15, 0.2) is 84.3 Å². The van der Waals surface area contributed by atoms with Crippen LogP contribution in [0.2, 0.25) is 0 Å². The maximum atomic E-state index is 14.7. The first-order chi connectivity index (χ1) is 24.3. The Kier molecular flexibility index (Phi) is 11.9. The second-order valence-electron chi connectivity index (χ2n) is 23.1. The lowest BCUT2D eigenvalue weighted by molar-refractivity contribution is 0.272. The molecule has 6 heteroatoms. The normalized spacial score (nSPS) is 22.2. The van der Waals surface area contributed by atoms with Gasteiger partial charge in [0, 0.05) is 0 Å². The minimum atomic E-state index is -0.550. The van der Waals surface area contributed by atoms with Crippen LogP contribution in [-0.2, 0) is 19.6 Å². The van der Waals surface area contributed by atoms with Gasteiger partial charge in [0.05, 0.1) is 19.6 Å². The third-order valence-electron chi connectivity index (χ3n) is 12.3. The SMILES string of the molecule is CC(C)(C)C1=CC(Cn2c(=O)n(CC3=CC(C(C)(C)C)CC(C(C)(C)C)=C3)c(=O)n(CC3=CC(C(C)(C)C)CC(C(C)(C)C)=C3)c2=O)=CC(C(C)(C)C)C1. The first-order valence-corrected chi connectivity index (χ1v) is 20.5. The van der Waals surface area contributed by atoms with E-state index in [9.17, 15) is 14.4 Å². The van der Waals surface area contributed by atoms with E-state index in [1.807, 2.05) is 0 Å². The summed E-state index contributed by atoms with van der Waals surface area (Å²) >= 11 is 0. The molecule has 3 unspecified atom stereocenters. The highest BCUT2D eigenvalue weighted by Crippen LogP contribution is 2.44. The van der Waals surface area contributed by atoms with Crippen molar-refractivity contribution in [3.63, 3.8) is 0 Å². The molecule has 3 aliphatic carbocycles. The van der Waals surface area contributed by atoms with Crippen molar-refractivity contribution in [2.45, 2.75) is 164 Å². The molecule has 0 N–H and O–H groups in total. The maximum Gasteiger partial charge on any atom is 0.336 e. The van der Waals surface area contributed by atoms with Gasteiger partial charge in [-0.15, -0.1) is 0 Å². The summed E-state index contributed by atoms with van der Waals surface area (Å²) in [5, 5.41) is 0. The maximum absolute atomic E-state index is 14.7. The van der Waals surface area contributed by atoms with Crippen molar-refractivity contribution in [3.05, 3.63) is 101 Å². The molecule has 0 amide bonds. The summed E-state index contributed by atoms with van der Waals surface area (Å²) in [5.41, 5.74) is 4.94. The van der Waals surface area contributed by atoms with Crippen molar-refractivity contribution in [1.82, 2.24) is 13.7 Å². The van der Waals surface area contributed by atoms with Gasteiger partial charge in [0.1, 0.15) is 0 Å². The van der Waals surface area contributed by atoms with Crippen molar-refractivity contribution in [2.75, 3.05) is 0 Å². The molecule has 54 heavy (non-hydrogen) atoms. The third kappa shape index (κ3) is 10.2. The number of allylic oxidation sites excluding steroid dienone is 12. The van der Waals surface area contributed by atoms with E-state index in [1.54, 1.807) is 0 Å². The molecule has 0 spiro atoms. The van der Waals surface area contributed by atoms with E-state index in [1.165, 1.54) is 30.4 Å². The van der Waals surface area contributed by atoms with Gasteiger partial charge in [-0.05, 0) is 86.2 Å². The molecule has 1 aromatic heterocycles. The molecule has 1 aromatic rings. The molecule has 0 aliphatic heterocycles. The lowest BCUT2D eigenvalue weighted by Crippen LogP contribution is -2.55. The molecule has 3 atom stereocenters. The largest absolute Gasteiger partial charge is 0.336 e. The molecule has 6 nitrogen and oxygen atoms in total. The standard InChI is InChI=1S/C48H75N3O3/c1-43(2,3)34-19-31(20-35(25-34)44(4,5)6)28-49-40(52)50(29-32-21-36(45(7,8)9)26-37(22-32)46(10,11)12)42(54)51(41(49)53)30-33-23-38(47(13,14)15)27-39(24-33)48(16,17)18/h19-24,34,36,38H,25-30H2,1-18H3. The molecule has 300 valence electrons. The lowest BCUT2D eigenvalue weighted by Gasteiger charge is -2.37. The van der Waals surface area contributed by atoms with Crippen LogP contribution in [-0.4, -0.2) is 13.7 Å². The number of aromatic nitrogens is 3. The van der Waals surface area contributed by atoms with Crippen LogP contribution in [0.4, 0.5) is 0 Å². The summed E-state index contributed by atoms with van der Waals surface area (Å²) in [6.45, 7) is 40.6. The highest BCUT2D eigenvalue weighted by molar-refractivity contribution is 5.36. The zero-order valence-electron chi connectivity index (χ0n) is 37.5. The van der Waals surface area contributed by atoms with E-state index in [-0.39, 0.29) is 69.9 Å². The molecule has 0 saturated carbocycles. The zero-order chi connectivity index (χ0) is 41.1. The third-order valence-corrected chi connectivity index (χ3v) is 12.3. The molecule has 0 aromatic carbocycles. The van der Waals surface area contributed by atoms with E-state index in [0.717, 1.165) is 36.0 Å². The average Bonchev–Trinajstić information content (AvgIpc) is 3.00. The van der Waals surface area contributed by atoms with E-state index >= 15 is 0 Å². The summed E-state index contributed by atoms with van der Waals surface area (Å²) in [6.07, 6.45) is 16.2. The molecule has 0 radical (unpaired) electrons. The Morgan fingerprint density at radius 3 is 0.778 bits per heavy atom. The van der Waals surface area contributed by atoms with Crippen LogP contribution >= 0.6 is 0 Å². The number of rotatable bonds is 6. The number of hydrogen-bond donors (Lipinski definition) is 0. The predicted octanol–water partition coefficient (Wildman–Crippen LogP) is 11.1. The topological polar surface area (TPSA) is 66.0 Å². The minimum absolute atomic E-state index is 0.00224. The van der Waals surface area contributed by atoms with Gasteiger partial charge in [0.15, 0.2) is 0 Å². The summed E-state index contributed by atoms with van der Waals surface area (Å²) in [4.78, 5) is 44.0. The summed E-state index contributed by atoms with van der Waals surface area (Å²) in [7, 11) is 0. The molecule has 0 bridgehead atoms. The average molecular weight is 742 g/mol. The highest BCUT2D eigenvalue weighted by Gasteiger charge is 2.34. The van der Waals surface area contributed by atoms with Crippen molar-refractivity contribution in [3.8, 4) is 0 Å². The van der Waals surface area contributed by atoms with Crippen LogP contribution in [0.3, 0.4) is 0 Å². The monoisotopic (exact) mass is 742 g/mol. The van der Waals surface area contributed by atoms with Crippen molar-refractivity contribution in [1.29, 1.82) is 0 Å². The Hall–Kier alpha value is -3.15. The number of nitrogens with zero attached hydrogens (tertiary/aromatic N) is 3. The second kappa shape index (κ2) is 14.7. The molecule has 4 rings (SSSR count). The van der Waals surface area contributed by atoms with Gasteiger partial charge in [-0.25, -0.2) is 28.1 Å². The van der Waals surface area contributed by atoms with Crippen LogP contribution in [0.5, 0.6) is 0 Å². The first-order valence-electron chi connectivity index (χ1n) is 20.5. The van der Waals surface area contributed by atoms with Crippen LogP contribution < -0.4 is 17.1 Å². The number of hydrogen-bond acceptors (Lipinski definition) is 3. The molecular formula is C48H75N3O3. The summed E-state index contributed by atoms with van der Waals surface area (Å²) < 4.78 is 3.98. The Morgan fingerprint density at radius 1 is 0.407 bits per heavy atom. The zero-order valence-corrected chi connectivity index (χ0v) is 37.5. The van der Waals surface area contributed by atoms with Gasteiger partial charge >= 0.3 is 17.1 Å². The molecule has 0 saturated heterocycles. The smallest absolute Gasteiger partial charge is 0.247 e. The molecular weight excluding hydrogens is 667 g/mol. The predicted molar refractivity (Wildman–Crippen MR) is 229 cm³/mol. The van der Waals surface area contributed by atoms with Gasteiger partial charge < -0.3 is 0 Å². The fourth-order valence-corrected chi connectivity index (χ4v) is 7.82. The van der Waals surface area contributed by atoms with Crippen molar-refractivity contribution < 1.29 is 0 Å². The van der Waals surface area contributed by atoms with E-state index in [2.05, 4.69) is 161 Å². The Labute approximate surface area is 327 Å². The van der Waals surface area contributed by atoms with Crippen LogP contribution in [0, 0.1) is 50.2 Å². The quantitative estimate of drug-likeness (QED) is 0.292. The minimum Gasteiger partial charge on any atom is -0.247 e. The Bertz CT molecular complexity index is 1710. The van der Waals surface area contributed by atoms with Gasteiger partial charge in [-0.3, -0.25) is 0 Å². The van der Waals surface area contributed by atoms with E-state index in [0.29, 0.717) is 0 Å². The van der Waals surface area contributed by atoms with Crippen LogP contribution in [0.1, 0.15) is 144 Å². The van der Waals surface area contributed by atoms with Gasteiger partial charge in [0.25, 0.3) is 0 Å².